The van der Waals surface area contributed by atoms with E-state index in [4.69, 9.17) is 4.52 Å². The van der Waals surface area contributed by atoms with E-state index >= 15 is 0 Å². The molecule has 0 fully saturated rings. The lowest BCUT2D eigenvalue weighted by Gasteiger charge is -1.92. The van der Waals surface area contributed by atoms with E-state index in [9.17, 15) is 4.39 Å². The molecule has 0 saturated carbocycles. The smallest absolute Gasteiger partial charge is 0.278 e. The first-order valence-electron chi connectivity index (χ1n) is 5.90. The molecule has 1 aromatic carbocycles. The van der Waals surface area contributed by atoms with Gasteiger partial charge >= 0.3 is 0 Å². The van der Waals surface area contributed by atoms with Gasteiger partial charge in [-0.3, -0.25) is 4.68 Å². The van der Waals surface area contributed by atoms with Crippen LogP contribution in [0.15, 0.2) is 41.1 Å². The van der Waals surface area contributed by atoms with Gasteiger partial charge in [-0.25, -0.2) is 4.39 Å². The SMILES string of the molecule is CCn1ccc(-c2nc(-c3ccc(F)cc3)no2)n1. The minimum Gasteiger partial charge on any atom is -0.332 e. The minimum absolute atomic E-state index is 0.297. The molecule has 0 saturated heterocycles. The van der Waals surface area contributed by atoms with Crippen LogP contribution in [0.25, 0.3) is 23.0 Å². The molecule has 3 aromatic rings. The van der Waals surface area contributed by atoms with Crippen LogP contribution in [0, 0.1) is 5.82 Å². The lowest BCUT2D eigenvalue weighted by molar-refractivity contribution is 0.430. The predicted molar refractivity (Wildman–Crippen MR) is 66.6 cm³/mol. The molecule has 0 N–H and O–H groups in total. The van der Waals surface area contributed by atoms with E-state index in [1.165, 1.54) is 12.1 Å². The number of rotatable bonds is 3. The zero-order valence-corrected chi connectivity index (χ0v) is 10.2. The highest BCUT2D eigenvalue weighted by atomic mass is 19.1. The maximum atomic E-state index is 12.8. The van der Waals surface area contributed by atoms with Crippen molar-refractivity contribution in [3.63, 3.8) is 0 Å². The zero-order valence-electron chi connectivity index (χ0n) is 10.2. The van der Waals surface area contributed by atoms with Gasteiger partial charge in [0.15, 0.2) is 5.69 Å². The lowest BCUT2D eigenvalue weighted by atomic mass is 10.2. The average molecular weight is 258 g/mol. The Morgan fingerprint density at radius 1 is 1.21 bits per heavy atom. The second kappa shape index (κ2) is 4.64. The van der Waals surface area contributed by atoms with E-state index in [0.29, 0.717) is 23.0 Å². The van der Waals surface area contributed by atoms with Crippen molar-refractivity contribution in [1.82, 2.24) is 19.9 Å². The second-order valence-electron chi connectivity index (χ2n) is 3.99. The third kappa shape index (κ3) is 2.24. The number of nitrogens with zero attached hydrogens (tertiary/aromatic N) is 4. The Morgan fingerprint density at radius 3 is 2.68 bits per heavy atom. The largest absolute Gasteiger partial charge is 0.332 e. The molecule has 3 rings (SSSR count). The molecule has 2 aromatic heterocycles. The summed E-state index contributed by atoms with van der Waals surface area (Å²) in [5, 5.41) is 8.15. The van der Waals surface area contributed by atoms with Crippen LogP contribution >= 0.6 is 0 Å². The summed E-state index contributed by atoms with van der Waals surface area (Å²) in [6.07, 6.45) is 1.84. The van der Waals surface area contributed by atoms with Crippen molar-refractivity contribution >= 4 is 0 Å². The summed E-state index contributed by atoms with van der Waals surface area (Å²) in [6, 6.07) is 7.74. The van der Waals surface area contributed by atoms with Crippen LogP contribution in [0.3, 0.4) is 0 Å². The highest BCUT2D eigenvalue weighted by Crippen LogP contribution is 2.20. The Balaban J connectivity index is 1.92. The molecule has 0 bridgehead atoms. The van der Waals surface area contributed by atoms with Crippen molar-refractivity contribution in [2.75, 3.05) is 0 Å². The van der Waals surface area contributed by atoms with Gasteiger partial charge < -0.3 is 4.52 Å². The van der Waals surface area contributed by atoms with Crippen molar-refractivity contribution in [1.29, 1.82) is 0 Å². The minimum atomic E-state index is -0.297. The summed E-state index contributed by atoms with van der Waals surface area (Å²) in [5.74, 6) is 0.474. The number of aromatic nitrogens is 4. The first-order chi connectivity index (χ1) is 9.26. The van der Waals surface area contributed by atoms with Crippen LogP contribution in [0.4, 0.5) is 4.39 Å². The van der Waals surface area contributed by atoms with Crippen molar-refractivity contribution in [2.45, 2.75) is 13.5 Å². The van der Waals surface area contributed by atoms with Gasteiger partial charge in [0, 0.05) is 18.3 Å². The third-order valence-electron chi connectivity index (χ3n) is 2.71. The topological polar surface area (TPSA) is 56.7 Å². The van der Waals surface area contributed by atoms with Crippen LogP contribution in [-0.4, -0.2) is 19.9 Å². The quantitative estimate of drug-likeness (QED) is 0.724. The molecular formula is C13H11FN4O. The molecule has 0 amide bonds. The third-order valence-corrected chi connectivity index (χ3v) is 2.71. The summed E-state index contributed by atoms with van der Waals surface area (Å²) in [6.45, 7) is 2.77. The molecule has 5 nitrogen and oxygen atoms in total. The fourth-order valence-corrected chi connectivity index (χ4v) is 1.70. The Kier molecular flexibility index (Phi) is 2.83. The maximum Gasteiger partial charge on any atom is 0.278 e. The molecule has 0 radical (unpaired) electrons. The number of halogens is 1. The van der Waals surface area contributed by atoms with E-state index in [1.807, 2.05) is 19.2 Å². The van der Waals surface area contributed by atoms with Crippen molar-refractivity contribution in [3.05, 3.63) is 42.3 Å². The highest BCUT2D eigenvalue weighted by Gasteiger charge is 2.12. The van der Waals surface area contributed by atoms with E-state index in [-0.39, 0.29) is 5.82 Å². The van der Waals surface area contributed by atoms with Crippen LogP contribution in [0.2, 0.25) is 0 Å². The van der Waals surface area contributed by atoms with Crippen molar-refractivity contribution in [3.8, 4) is 23.0 Å². The number of hydrogen-bond donors (Lipinski definition) is 0. The first-order valence-corrected chi connectivity index (χ1v) is 5.90. The molecule has 19 heavy (non-hydrogen) atoms. The summed E-state index contributed by atoms with van der Waals surface area (Å²) < 4.78 is 19.8. The van der Waals surface area contributed by atoms with Gasteiger partial charge in [0.1, 0.15) is 5.82 Å². The van der Waals surface area contributed by atoms with Gasteiger partial charge in [-0.15, -0.1) is 0 Å². The van der Waals surface area contributed by atoms with Gasteiger partial charge in [-0.2, -0.15) is 10.1 Å². The van der Waals surface area contributed by atoms with Gasteiger partial charge in [0.2, 0.25) is 5.82 Å². The summed E-state index contributed by atoms with van der Waals surface area (Å²) in [5.41, 5.74) is 1.33. The fourth-order valence-electron chi connectivity index (χ4n) is 1.70. The van der Waals surface area contributed by atoms with Crippen LogP contribution in [0.1, 0.15) is 6.92 Å². The molecule has 0 aliphatic rings. The maximum absolute atomic E-state index is 12.8. The van der Waals surface area contributed by atoms with Gasteiger partial charge in [-0.1, -0.05) is 5.16 Å². The van der Waals surface area contributed by atoms with E-state index in [2.05, 4.69) is 15.2 Å². The normalized spacial score (nSPS) is 10.8. The van der Waals surface area contributed by atoms with Crippen LogP contribution in [-0.2, 0) is 6.54 Å². The van der Waals surface area contributed by atoms with E-state index < -0.39 is 0 Å². The number of hydrogen-bond acceptors (Lipinski definition) is 4. The van der Waals surface area contributed by atoms with Crippen LogP contribution in [0.5, 0.6) is 0 Å². The molecule has 0 aliphatic heterocycles. The van der Waals surface area contributed by atoms with Crippen molar-refractivity contribution < 1.29 is 8.91 Å². The average Bonchev–Trinajstić information content (AvgIpc) is 3.08. The molecule has 2 heterocycles. The molecular weight excluding hydrogens is 247 g/mol. The van der Waals surface area contributed by atoms with Crippen molar-refractivity contribution in [2.24, 2.45) is 0 Å². The predicted octanol–water partition coefficient (Wildman–Crippen LogP) is 2.76. The number of aryl methyl sites for hydroxylation is 1. The Bertz CT molecular complexity index is 687. The second-order valence-corrected chi connectivity index (χ2v) is 3.99. The molecule has 0 spiro atoms. The standard InChI is InChI=1S/C13H11FN4O/c1-2-18-8-7-11(16-18)13-15-12(17-19-13)9-3-5-10(14)6-4-9/h3-8H,2H2,1H3. The van der Waals surface area contributed by atoms with E-state index in [0.717, 1.165) is 6.54 Å². The molecule has 0 aliphatic carbocycles. The Morgan fingerprint density at radius 2 is 2.00 bits per heavy atom. The summed E-state index contributed by atoms with van der Waals surface area (Å²) >= 11 is 0. The summed E-state index contributed by atoms with van der Waals surface area (Å²) in [7, 11) is 0. The zero-order chi connectivity index (χ0) is 13.2. The van der Waals surface area contributed by atoms with Crippen LogP contribution < -0.4 is 0 Å². The molecule has 6 heteroatoms. The lowest BCUT2D eigenvalue weighted by Crippen LogP contribution is -1.93. The summed E-state index contributed by atoms with van der Waals surface area (Å²) in [4.78, 5) is 4.25. The van der Waals surface area contributed by atoms with Gasteiger partial charge in [0.25, 0.3) is 5.89 Å². The number of benzene rings is 1. The van der Waals surface area contributed by atoms with Gasteiger partial charge in [-0.05, 0) is 37.3 Å². The first kappa shape index (κ1) is 11.6. The Hall–Kier alpha value is -2.50. The molecule has 0 atom stereocenters. The highest BCUT2D eigenvalue weighted by molar-refractivity contribution is 5.57. The van der Waals surface area contributed by atoms with Gasteiger partial charge in [0.05, 0.1) is 0 Å². The Labute approximate surface area is 108 Å². The molecule has 0 unspecified atom stereocenters. The fraction of sp³-hybridized carbons (Fsp3) is 0.154. The van der Waals surface area contributed by atoms with E-state index in [1.54, 1.807) is 16.8 Å². The monoisotopic (exact) mass is 258 g/mol. The molecule has 96 valence electrons.